The monoisotopic (exact) mass is 188 g/mol. The first-order valence-electron chi connectivity index (χ1n) is 3.40. The second-order valence-electron chi connectivity index (χ2n) is 2.77. The highest BCUT2D eigenvalue weighted by Crippen LogP contribution is 2.14. The van der Waals surface area contributed by atoms with E-state index in [1.165, 1.54) is 21.6 Å². The van der Waals surface area contributed by atoms with Crippen LogP contribution in [0, 0.1) is 20.8 Å². The topological polar surface area (TPSA) is 0 Å². The first-order chi connectivity index (χ1) is 4.61. The fourth-order valence-corrected chi connectivity index (χ4v) is 1.32. The van der Waals surface area contributed by atoms with Crippen molar-refractivity contribution in [1.82, 2.24) is 0 Å². The Kier molecular flexibility index (Phi) is 3.98. The molecular formula is C9H13ClS. The Labute approximate surface area is 79.8 Å². The van der Waals surface area contributed by atoms with E-state index in [0.29, 0.717) is 0 Å². The van der Waals surface area contributed by atoms with E-state index in [1.807, 2.05) is 0 Å². The molecule has 0 radical (unpaired) electrons. The van der Waals surface area contributed by atoms with Crippen molar-refractivity contribution in [3.63, 3.8) is 0 Å². The van der Waals surface area contributed by atoms with Gasteiger partial charge in [0.1, 0.15) is 0 Å². The third-order valence-electron chi connectivity index (χ3n) is 1.68. The van der Waals surface area contributed by atoms with E-state index >= 15 is 0 Å². The summed E-state index contributed by atoms with van der Waals surface area (Å²) in [5.41, 5.74) is 3.96. The van der Waals surface area contributed by atoms with Crippen LogP contribution >= 0.6 is 0 Å². The SMILES string of the molecule is Cc1cc(C)c([SH2+])c(C)c1.[Cl-]. The lowest BCUT2D eigenvalue weighted by molar-refractivity contribution is -0.00000225. The van der Waals surface area contributed by atoms with Gasteiger partial charge in [0.05, 0.1) is 0 Å². The van der Waals surface area contributed by atoms with E-state index in [2.05, 4.69) is 45.5 Å². The van der Waals surface area contributed by atoms with Crippen LogP contribution < -0.4 is 12.4 Å². The van der Waals surface area contributed by atoms with E-state index in [-0.39, 0.29) is 12.4 Å². The van der Waals surface area contributed by atoms with E-state index < -0.39 is 0 Å². The summed E-state index contributed by atoms with van der Waals surface area (Å²) >= 11 is 3.56. The Morgan fingerprint density at radius 2 is 1.36 bits per heavy atom. The van der Waals surface area contributed by atoms with Gasteiger partial charge < -0.3 is 12.4 Å². The van der Waals surface area contributed by atoms with Crippen LogP contribution in [0.5, 0.6) is 0 Å². The van der Waals surface area contributed by atoms with Gasteiger partial charge in [-0.25, -0.2) is 0 Å². The molecule has 0 heterocycles. The van der Waals surface area contributed by atoms with Gasteiger partial charge in [0.15, 0.2) is 4.90 Å². The minimum absolute atomic E-state index is 0. The lowest BCUT2D eigenvalue weighted by atomic mass is 10.1. The zero-order valence-corrected chi connectivity index (χ0v) is 8.79. The Balaban J connectivity index is 0.000001000. The fraction of sp³-hybridized carbons (Fsp3) is 0.333. The van der Waals surface area contributed by atoms with Gasteiger partial charge in [-0.15, -0.1) is 0 Å². The Morgan fingerprint density at radius 3 is 1.73 bits per heavy atom. The lowest BCUT2D eigenvalue weighted by Crippen LogP contribution is -3.00. The van der Waals surface area contributed by atoms with Crippen LogP contribution in [0.2, 0.25) is 0 Å². The Morgan fingerprint density at radius 1 is 1.00 bits per heavy atom. The largest absolute Gasteiger partial charge is 1.00 e. The summed E-state index contributed by atoms with van der Waals surface area (Å²) in [6.45, 7) is 6.34. The summed E-state index contributed by atoms with van der Waals surface area (Å²) in [7, 11) is 0. The third-order valence-corrected chi connectivity index (χ3v) is 2.47. The van der Waals surface area contributed by atoms with Crippen molar-refractivity contribution in [2.24, 2.45) is 0 Å². The molecule has 0 saturated carbocycles. The average molecular weight is 189 g/mol. The smallest absolute Gasteiger partial charge is 0.156 e. The molecule has 0 bridgehead atoms. The van der Waals surface area contributed by atoms with Crippen LogP contribution in [0.15, 0.2) is 17.0 Å². The van der Waals surface area contributed by atoms with Crippen LogP contribution in [-0.2, 0) is 12.6 Å². The highest BCUT2D eigenvalue weighted by molar-refractivity contribution is 7.58. The fourth-order valence-electron chi connectivity index (χ4n) is 1.18. The molecule has 0 aliphatic carbocycles. The molecule has 1 aromatic carbocycles. The number of halogens is 1. The van der Waals surface area contributed by atoms with Crippen LogP contribution in [0.1, 0.15) is 16.7 Å². The molecule has 0 N–H and O–H groups in total. The second kappa shape index (κ2) is 4.03. The van der Waals surface area contributed by atoms with Crippen LogP contribution in [0.25, 0.3) is 0 Å². The predicted octanol–water partition coefficient (Wildman–Crippen LogP) is -1.01. The van der Waals surface area contributed by atoms with Crippen LogP contribution in [0.4, 0.5) is 0 Å². The van der Waals surface area contributed by atoms with Gasteiger partial charge in [-0.05, 0) is 33.4 Å². The number of hydrogen-bond acceptors (Lipinski definition) is 0. The van der Waals surface area contributed by atoms with Gasteiger partial charge in [0.2, 0.25) is 0 Å². The summed E-state index contributed by atoms with van der Waals surface area (Å²) in [5.74, 6) is 0. The van der Waals surface area contributed by atoms with Crippen LogP contribution in [-0.4, -0.2) is 0 Å². The number of benzene rings is 1. The maximum Gasteiger partial charge on any atom is 0.156 e. The van der Waals surface area contributed by atoms with Gasteiger partial charge in [0, 0.05) is 11.1 Å². The number of aryl methyl sites for hydroxylation is 3. The summed E-state index contributed by atoms with van der Waals surface area (Å²) in [6.07, 6.45) is 0. The van der Waals surface area contributed by atoms with Crippen molar-refractivity contribution in [2.45, 2.75) is 25.7 Å². The Hall–Kier alpha value is -0.140. The lowest BCUT2D eigenvalue weighted by Gasteiger charge is -1.99. The molecule has 2 heteroatoms. The molecular weight excluding hydrogens is 176 g/mol. The zero-order valence-electron chi connectivity index (χ0n) is 7.03. The molecule has 1 rings (SSSR count). The molecule has 0 unspecified atom stereocenters. The molecule has 0 spiro atoms. The average Bonchev–Trinajstić information content (AvgIpc) is 1.82. The molecule has 62 valence electrons. The van der Waals surface area contributed by atoms with Gasteiger partial charge >= 0.3 is 0 Å². The minimum Gasteiger partial charge on any atom is -1.00 e. The highest BCUT2D eigenvalue weighted by Gasteiger charge is 2.02. The highest BCUT2D eigenvalue weighted by atomic mass is 35.5. The summed E-state index contributed by atoms with van der Waals surface area (Å²) in [5, 5.41) is 0. The van der Waals surface area contributed by atoms with Crippen molar-refractivity contribution in [3.05, 3.63) is 28.8 Å². The Bertz CT molecular complexity index is 233. The van der Waals surface area contributed by atoms with Crippen molar-refractivity contribution in [1.29, 1.82) is 0 Å². The summed E-state index contributed by atoms with van der Waals surface area (Å²) in [6, 6.07) is 4.35. The maximum absolute atomic E-state index is 3.56. The van der Waals surface area contributed by atoms with Crippen LogP contribution in [0.3, 0.4) is 0 Å². The van der Waals surface area contributed by atoms with Gasteiger partial charge in [0.25, 0.3) is 0 Å². The standard InChI is InChI=1S/C9H12S.ClH/c1-6-4-7(2)9(10)8(3)5-6;/h4-5,10H,1-3H3;1H. The van der Waals surface area contributed by atoms with Gasteiger partial charge in [-0.3, -0.25) is 0 Å². The molecule has 0 saturated heterocycles. The quantitative estimate of drug-likeness (QED) is 0.458. The zero-order chi connectivity index (χ0) is 7.72. The molecule has 0 fully saturated rings. The normalized spacial score (nSPS) is 9.09. The molecule has 0 nitrogen and oxygen atoms in total. The first kappa shape index (κ1) is 10.9. The molecule has 0 amide bonds. The van der Waals surface area contributed by atoms with Crippen molar-refractivity contribution in [2.75, 3.05) is 0 Å². The van der Waals surface area contributed by atoms with E-state index in [0.717, 1.165) is 0 Å². The van der Waals surface area contributed by atoms with E-state index in [4.69, 9.17) is 0 Å². The van der Waals surface area contributed by atoms with Gasteiger partial charge in [-0.2, -0.15) is 0 Å². The second-order valence-corrected chi connectivity index (χ2v) is 3.27. The van der Waals surface area contributed by atoms with E-state index in [9.17, 15) is 0 Å². The molecule has 0 aromatic heterocycles. The molecule has 0 atom stereocenters. The van der Waals surface area contributed by atoms with E-state index in [1.54, 1.807) is 0 Å². The minimum atomic E-state index is 0. The number of hydrogen-bond donors (Lipinski definition) is 0. The van der Waals surface area contributed by atoms with Crippen molar-refractivity contribution in [3.8, 4) is 0 Å². The summed E-state index contributed by atoms with van der Waals surface area (Å²) in [4.78, 5) is 1.23. The van der Waals surface area contributed by atoms with Crippen molar-refractivity contribution >= 4 is 12.6 Å². The number of rotatable bonds is 0. The van der Waals surface area contributed by atoms with Gasteiger partial charge in [-0.1, -0.05) is 17.7 Å². The first-order valence-corrected chi connectivity index (χ1v) is 3.90. The molecule has 11 heavy (non-hydrogen) atoms. The molecule has 1 aromatic rings. The van der Waals surface area contributed by atoms with Crippen molar-refractivity contribution < 1.29 is 12.4 Å². The third kappa shape index (κ3) is 2.42. The summed E-state index contributed by atoms with van der Waals surface area (Å²) < 4.78 is 0. The molecule has 0 aliphatic rings. The predicted molar refractivity (Wildman–Crippen MR) is 49.1 cm³/mol. The maximum atomic E-state index is 3.56. The molecule has 0 aliphatic heterocycles.